The van der Waals surface area contributed by atoms with Crippen molar-refractivity contribution < 1.29 is 27.4 Å². The second-order valence-electron chi connectivity index (χ2n) is 7.88. The van der Waals surface area contributed by atoms with Gasteiger partial charge < -0.3 is 14.2 Å². The molecular formula is C22H20ClF3N6O3. The molecule has 1 saturated heterocycles. The molecule has 0 N–H and O–H groups in total. The number of imidazole rings is 1. The second-order valence-corrected chi connectivity index (χ2v) is 8.22. The van der Waals surface area contributed by atoms with Gasteiger partial charge in [0.25, 0.3) is 0 Å². The van der Waals surface area contributed by atoms with Gasteiger partial charge in [-0.1, -0.05) is 12.1 Å². The minimum Gasteiger partial charge on any atom is -0.481 e. The van der Waals surface area contributed by atoms with Crippen LogP contribution >= 0.6 is 11.6 Å². The molecule has 4 heterocycles. The standard InChI is InChI=1S/C22H20ClF3N6O3/c1-33-17-10-15(22(24,25)26)30-32(17)14-7-5-13(6-8-14)11-35-20-18-19(28-21(23)29-20)27-12-31(18)16-4-2-3-9-34-16/h5-8,10,12,16H,2-4,9,11H2,1H3. The first-order chi connectivity index (χ1) is 16.8. The molecule has 184 valence electrons. The van der Waals surface area contributed by atoms with Crippen molar-refractivity contribution in [2.45, 2.75) is 38.3 Å². The maximum atomic E-state index is 13.0. The molecule has 4 aromatic rings. The Bertz CT molecular complexity index is 1330. The molecule has 0 aliphatic carbocycles. The summed E-state index contributed by atoms with van der Waals surface area (Å²) in [6.07, 6.45) is -0.251. The molecule has 0 bridgehead atoms. The van der Waals surface area contributed by atoms with E-state index in [0.717, 1.165) is 35.6 Å². The molecule has 0 saturated carbocycles. The van der Waals surface area contributed by atoms with E-state index in [4.69, 9.17) is 25.8 Å². The monoisotopic (exact) mass is 508 g/mol. The smallest absolute Gasteiger partial charge is 0.435 e. The fourth-order valence-corrected chi connectivity index (χ4v) is 4.03. The van der Waals surface area contributed by atoms with Gasteiger partial charge in [-0.3, -0.25) is 4.57 Å². The first-order valence-corrected chi connectivity index (χ1v) is 11.2. The lowest BCUT2D eigenvalue weighted by Gasteiger charge is -2.24. The topological polar surface area (TPSA) is 89.1 Å². The summed E-state index contributed by atoms with van der Waals surface area (Å²) >= 11 is 6.07. The van der Waals surface area contributed by atoms with Crippen molar-refractivity contribution in [1.29, 1.82) is 0 Å². The van der Waals surface area contributed by atoms with Crippen molar-refractivity contribution in [1.82, 2.24) is 29.3 Å². The molecule has 0 amide bonds. The molecule has 0 radical (unpaired) electrons. The predicted molar refractivity (Wildman–Crippen MR) is 119 cm³/mol. The van der Waals surface area contributed by atoms with Gasteiger partial charge in [-0.15, -0.1) is 0 Å². The predicted octanol–water partition coefficient (Wildman–Crippen LogP) is 4.97. The highest BCUT2D eigenvalue weighted by Gasteiger charge is 2.35. The molecule has 1 aromatic carbocycles. The molecule has 5 rings (SSSR count). The number of nitrogens with zero attached hydrogens (tertiary/aromatic N) is 6. The number of benzene rings is 1. The third-order valence-electron chi connectivity index (χ3n) is 5.57. The van der Waals surface area contributed by atoms with Gasteiger partial charge in [0.1, 0.15) is 12.8 Å². The minimum atomic E-state index is -4.58. The van der Waals surface area contributed by atoms with Gasteiger partial charge in [-0.25, -0.2) is 9.67 Å². The van der Waals surface area contributed by atoms with Crippen molar-refractivity contribution >= 4 is 22.8 Å². The zero-order chi connectivity index (χ0) is 24.6. The molecule has 1 aliphatic rings. The van der Waals surface area contributed by atoms with Crippen molar-refractivity contribution in [2.24, 2.45) is 0 Å². The summed E-state index contributed by atoms with van der Waals surface area (Å²) in [5.74, 6) is 0.233. The molecular weight excluding hydrogens is 489 g/mol. The summed E-state index contributed by atoms with van der Waals surface area (Å²) in [5.41, 5.74) is 1.10. The summed E-state index contributed by atoms with van der Waals surface area (Å²) in [7, 11) is 1.28. The van der Waals surface area contributed by atoms with Gasteiger partial charge in [0.05, 0.1) is 19.1 Å². The molecule has 1 unspecified atom stereocenters. The van der Waals surface area contributed by atoms with Crippen molar-refractivity contribution in [3.8, 4) is 17.4 Å². The van der Waals surface area contributed by atoms with E-state index in [0.29, 0.717) is 23.5 Å². The lowest BCUT2D eigenvalue weighted by Crippen LogP contribution is -2.17. The van der Waals surface area contributed by atoms with Gasteiger partial charge in [0, 0.05) is 12.7 Å². The summed E-state index contributed by atoms with van der Waals surface area (Å²) in [6.45, 7) is 0.788. The Hall–Kier alpha value is -3.38. The van der Waals surface area contributed by atoms with E-state index >= 15 is 0 Å². The summed E-state index contributed by atoms with van der Waals surface area (Å²) in [6, 6.07) is 7.52. The molecule has 0 spiro atoms. The maximum absolute atomic E-state index is 13.0. The van der Waals surface area contributed by atoms with Crippen molar-refractivity contribution in [2.75, 3.05) is 13.7 Å². The van der Waals surface area contributed by atoms with E-state index in [1.165, 1.54) is 7.11 Å². The highest BCUT2D eigenvalue weighted by molar-refractivity contribution is 6.28. The number of methoxy groups -OCH3 is 1. The Morgan fingerprint density at radius 2 is 1.97 bits per heavy atom. The lowest BCUT2D eigenvalue weighted by atomic mass is 10.2. The van der Waals surface area contributed by atoms with E-state index in [1.807, 2.05) is 4.57 Å². The molecule has 35 heavy (non-hydrogen) atoms. The molecule has 9 nitrogen and oxygen atoms in total. The van der Waals surface area contributed by atoms with Gasteiger partial charge in [0.15, 0.2) is 16.9 Å². The van der Waals surface area contributed by atoms with E-state index in [1.54, 1.807) is 30.6 Å². The van der Waals surface area contributed by atoms with Crippen molar-refractivity contribution in [3.63, 3.8) is 0 Å². The van der Waals surface area contributed by atoms with Gasteiger partial charge >= 0.3 is 6.18 Å². The molecule has 1 atom stereocenters. The zero-order valence-electron chi connectivity index (χ0n) is 18.5. The SMILES string of the molecule is COc1cc(C(F)(F)F)nn1-c1ccc(COc2nc(Cl)nc3ncn(C4CCCCO4)c23)cc1. The molecule has 1 fully saturated rings. The Morgan fingerprint density at radius 3 is 2.66 bits per heavy atom. The highest BCUT2D eigenvalue weighted by atomic mass is 35.5. The number of fused-ring (bicyclic) bond motifs is 1. The van der Waals surface area contributed by atoms with Crippen LogP contribution in [0.5, 0.6) is 11.8 Å². The number of ether oxygens (including phenoxy) is 3. The van der Waals surface area contributed by atoms with Crippen LogP contribution in [0.4, 0.5) is 13.2 Å². The number of aromatic nitrogens is 6. The number of alkyl halides is 3. The second kappa shape index (κ2) is 9.34. The van der Waals surface area contributed by atoms with Crippen LogP contribution in [0, 0.1) is 0 Å². The van der Waals surface area contributed by atoms with E-state index in [2.05, 4.69) is 20.1 Å². The van der Waals surface area contributed by atoms with E-state index in [9.17, 15) is 13.2 Å². The Balaban J connectivity index is 1.37. The Kier molecular flexibility index (Phi) is 6.24. The molecule has 3 aromatic heterocycles. The minimum absolute atomic E-state index is 0.00362. The van der Waals surface area contributed by atoms with E-state index in [-0.39, 0.29) is 29.9 Å². The van der Waals surface area contributed by atoms with Crippen LogP contribution < -0.4 is 9.47 Å². The zero-order valence-corrected chi connectivity index (χ0v) is 19.3. The first kappa shape index (κ1) is 23.4. The van der Waals surface area contributed by atoms with Crippen LogP contribution in [-0.4, -0.2) is 43.0 Å². The van der Waals surface area contributed by atoms with Crippen LogP contribution in [0.1, 0.15) is 36.7 Å². The van der Waals surface area contributed by atoms with E-state index < -0.39 is 11.9 Å². The number of halogens is 4. The highest BCUT2D eigenvalue weighted by Crippen LogP contribution is 2.33. The van der Waals surface area contributed by atoms with Crippen LogP contribution in [0.25, 0.3) is 16.9 Å². The summed E-state index contributed by atoms with van der Waals surface area (Å²) in [5, 5.41) is 3.62. The van der Waals surface area contributed by atoms with Gasteiger partial charge in [0.2, 0.25) is 17.0 Å². The number of hydrogen-bond donors (Lipinski definition) is 0. The van der Waals surface area contributed by atoms with Crippen molar-refractivity contribution in [3.05, 3.63) is 53.2 Å². The number of rotatable bonds is 6. The quantitative estimate of drug-likeness (QED) is 0.340. The number of hydrogen-bond acceptors (Lipinski definition) is 7. The fourth-order valence-electron chi connectivity index (χ4n) is 3.87. The van der Waals surface area contributed by atoms with Crippen LogP contribution in [-0.2, 0) is 17.5 Å². The average molecular weight is 509 g/mol. The maximum Gasteiger partial charge on any atom is 0.435 e. The normalized spacial score (nSPS) is 16.5. The largest absolute Gasteiger partial charge is 0.481 e. The average Bonchev–Trinajstić information content (AvgIpc) is 3.48. The summed E-state index contributed by atoms with van der Waals surface area (Å²) in [4.78, 5) is 12.7. The first-order valence-electron chi connectivity index (χ1n) is 10.8. The molecule has 13 heteroatoms. The van der Waals surface area contributed by atoms with Gasteiger partial charge in [-0.2, -0.15) is 28.2 Å². The molecule has 1 aliphatic heterocycles. The fraction of sp³-hybridized carbons (Fsp3) is 0.364. The van der Waals surface area contributed by atoms with Crippen LogP contribution in [0.15, 0.2) is 36.7 Å². The Labute approximate surface area is 202 Å². The Morgan fingerprint density at radius 1 is 1.17 bits per heavy atom. The third kappa shape index (κ3) is 4.76. The lowest BCUT2D eigenvalue weighted by molar-refractivity contribution is -0.141. The summed E-state index contributed by atoms with van der Waals surface area (Å²) < 4.78 is 58.9. The van der Waals surface area contributed by atoms with Crippen LogP contribution in [0.2, 0.25) is 5.28 Å². The van der Waals surface area contributed by atoms with Crippen LogP contribution in [0.3, 0.4) is 0 Å². The third-order valence-corrected chi connectivity index (χ3v) is 5.74. The van der Waals surface area contributed by atoms with Gasteiger partial charge in [-0.05, 0) is 48.6 Å².